The van der Waals surface area contributed by atoms with Gasteiger partial charge in [0.2, 0.25) is 0 Å². The molecular formula is C16H15NO3. The number of aliphatic hydroxyl groups excluding tert-OH is 1. The summed E-state index contributed by atoms with van der Waals surface area (Å²) in [7, 11) is 1.58. The van der Waals surface area contributed by atoms with Crippen LogP contribution in [0.2, 0.25) is 0 Å². The second kappa shape index (κ2) is 6.60. The molecule has 0 aliphatic heterocycles. The molecule has 1 N–H and O–H groups in total. The van der Waals surface area contributed by atoms with E-state index in [9.17, 15) is 0 Å². The van der Waals surface area contributed by atoms with E-state index in [1.54, 1.807) is 49.6 Å². The van der Waals surface area contributed by atoms with Crippen molar-refractivity contribution in [3.05, 3.63) is 59.2 Å². The maximum Gasteiger partial charge on any atom is 0.125 e. The number of ether oxygens (including phenoxy) is 2. The smallest absolute Gasteiger partial charge is 0.125 e. The molecule has 4 nitrogen and oxygen atoms in total. The lowest BCUT2D eigenvalue weighted by Gasteiger charge is -2.11. The summed E-state index contributed by atoms with van der Waals surface area (Å²) in [6.07, 6.45) is 0. The molecule has 0 aliphatic rings. The second-order valence-electron chi connectivity index (χ2n) is 4.23. The number of aliphatic hydroxyl groups is 1. The highest BCUT2D eigenvalue weighted by Crippen LogP contribution is 2.22. The standard InChI is InChI=1S/C16H15NO3/c1-19-16-7-4-13(9-17)8-14(16)11-20-15-5-2-12(10-18)3-6-15/h2-8,18H,10-11H2,1H3. The Kier molecular flexibility index (Phi) is 4.59. The fraction of sp³-hybridized carbons (Fsp3) is 0.188. The van der Waals surface area contributed by atoms with Gasteiger partial charge in [-0.15, -0.1) is 0 Å². The molecule has 2 aromatic rings. The van der Waals surface area contributed by atoms with Crippen molar-refractivity contribution in [1.82, 2.24) is 0 Å². The fourth-order valence-corrected chi connectivity index (χ4v) is 1.81. The van der Waals surface area contributed by atoms with Gasteiger partial charge in [0.1, 0.15) is 18.1 Å². The zero-order valence-electron chi connectivity index (χ0n) is 11.2. The minimum absolute atomic E-state index is 0.0122. The molecule has 2 aromatic carbocycles. The van der Waals surface area contributed by atoms with Crippen molar-refractivity contribution in [3.63, 3.8) is 0 Å². The third-order valence-electron chi connectivity index (χ3n) is 2.91. The van der Waals surface area contributed by atoms with Gasteiger partial charge in [-0.3, -0.25) is 0 Å². The Hall–Kier alpha value is -2.51. The molecule has 0 unspecified atom stereocenters. The van der Waals surface area contributed by atoms with Crippen molar-refractivity contribution in [3.8, 4) is 17.6 Å². The van der Waals surface area contributed by atoms with Gasteiger partial charge in [-0.25, -0.2) is 0 Å². The third-order valence-corrected chi connectivity index (χ3v) is 2.91. The molecule has 0 heterocycles. The predicted molar refractivity (Wildman–Crippen MR) is 74.4 cm³/mol. The van der Waals surface area contributed by atoms with Crippen LogP contribution in [0.3, 0.4) is 0 Å². The van der Waals surface area contributed by atoms with Gasteiger partial charge in [0.25, 0.3) is 0 Å². The first-order valence-corrected chi connectivity index (χ1v) is 6.16. The van der Waals surface area contributed by atoms with Crippen LogP contribution in [0.5, 0.6) is 11.5 Å². The summed E-state index contributed by atoms with van der Waals surface area (Å²) in [6.45, 7) is 0.329. The molecule has 0 atom stereocenters. The minimum Gasteiger partial charge on any atom is -0.496 e. The molecule has 0 amide bonds. The number of nitrogens with zero attached hydrogens (tertiary/aromatic N) is 1. The lowest BCUT2D eigenvalue weighted by Crippen LogP contribution is -1.99. The van der Waals surface area contributed by atoms with Crippen LogP contribution in [0.1, 0.15) is 16.7 Å². The average Bonchev–Trinajstić information content (AvgIpc) is 2.53. The highest BCUT2D eigenvalue weighted by atomic mass is 16.5. The molecule has 0 spiro atoms. The van der Waals surface area contributed by atoms with Crippen molar-refractivity contribution < 1.29 is 14.6 Å². The van der Waals surface area contributed by atoms with Crippen molar-refractivity contribution >= 4 is 0 Å². The van der Waals surface area contributed by atoms with E-state index in [1.807, 2.05) is 0 Å². The molecule has 0 fully saturated rings. The summed E-state index contributed by atoms with van der Waals surface area (Å²) in [6, 6.07) is 14.5. The van der Waals surface area contributed by atoms with Gasteiger partial charge in [0.15, 0.2) is 0 Å². The topological polar surface area (TPSA) is 62.5 Å². The predicted octanol–water partition coefficient (Wildman–Crippen LogP) is 2.64. The summed E-state index contributed by atoms with van der Waals surface area (Å²) < 4.78 is 10.9. The lowest BCUT2D eigenvalue weighted by atomic mass is 10.1. The SMILES string of the molecule is COc1ccc(C#N)cc1COc1ccc(CO)cc1. The Morgan fingerprint density at radius 2 is 1.90 bits per heavy atom. The van der Waals surface area contributed by atoms with Crippen molar-refractivity contribution in [2.45, 2.75) is 13.2 Å². The number of benzene rings is 2. The van der Waals surface area contributed by atoms with Crippen LogP contribution in [0.25, 0.3) is 0 Å². The molecule has 2 rings (SSSR count). The van der Waals surface area contributed by atoms with E-state index in [4.69, 9.17) is 19.8 Å². The molecule has 102 valence electrons. The van der Waals surface area contributed by atoms with Crippen molar-refractivity contribution in [2.24, 2.45) is 0 Å². The first-order chi connectivity index (χ1) is 9.76. The van der Waals surface area contributed by atoms with Crippen molar-refractivity contribution in [2.75, 3.05) is 7.11 Å². The summed E-state index contributed by atoms with van der Waals surface area (Å²) in [4.78, 5) is 0. The second-order valence-corrected chi connectivity index (χ2v) is 4.23. The summed E-state index contributed by atoms with van der Waals surface area (Å²) in [5, 5.41) is 17.9. The van der Waals surface area contributed by atoms with Crippen LogP contribution in [0.15, 0.2) is 42.5 Å². The van der Waals surface area contributed by atoms with Gasteiger partial charge < -0.3 is 14.6 Å². The normalized spacial score (nSPS) is 9.85. The van der Waals surface area contributed by atoms with Crippen molar-refractivity contribution in [1.29, 1.82) is 5.26 Å². The van der Waals surface area contributed by atoms with Crippen LogP contribution in [0.4, 0.5) is 0 Å². The van der Waals surface area contributed by atoms with E-state index < -0.39 is 0 Å². The molecular weight excluding hydrogens is 254 g/mol. The van der Waals surface area contributed by atoms with E-state index in [-0.39, 0.29) is 6.61 Å². The maximum atomic E-state index is 8.97. The van der Waals surface area contributed by atoms with Gasteiger partial charge in [-0.2, -0.15) is 5.26 Å². The quantitative estimate of drug-likeness (QED) is 0.906. The van der Waals surface area contributed by atoms with Crippen LogP contribution in [-0.4, -0.2) is 12.2 Å². The monoisotopic (exact) mass is 269 g/mol. The van der Waals surface area contributed by atoms with Crippen LogP contribution >= 0.6 is 0 Å². The zero-order valence-corrected chi connectivity index (χ0v) is 11.2. The van der Waals surface area contributed by atoms with Crippen LogP contribution < -0.4 is 9.47 Å². The Bertz CT molecular complexity index is 615. The molecule has 20 heavy (non-hydrogen) atoms. The number of rotatable bonds is 5. The van der Waals surface area contributed by atoms with Crippen LogP contribution in [-0.2, 0) is 13.2 Å². The van der Waals surface area contributed by atoms with E-state index in [0.717, 1.165) is 11.1 Å². The first-order valence-electron chi connectivity index (χ1n) is 6.16. The Morgan fingerprint density at radius 1 is 1.15 bits per heavy atom. The zero-order chi connectivity index (χ0) is 14.4. The Morgan fingerprint density at radius 3 is 2.50 bits per heavy atom. The maximum absolute atomic E-state index is 8.97. The van der Waals surface area contributed by atoms with Gasteiger partial charge in [0, 0.05) is 5.56 Å². The number of methoxy groups -OCH3 is 1. The van der Waals surface area contributed by atoms with Gasteiger partial charge >= 0.3 is 0 Å². The van der Waals surface area contributed by atoms with E-state index in [2.05, 4.69) is 6.07 Å². The third kappa shape index (κ3) is 3.28. The highest BCUT2D eigenvalue weighted by Gasteiger charge is 2.05. The highest BCUT2D eigenvalue weighted by molar-refractivity contribution is 5.42. The van der Waals surface area contributed by atoms with Gasteiger partial charge in [0.05, 0.1) is 25.3 Å². The van der Waals surface area contributed by atoms with E-state index in [1.165, 1.54) is 0 Å². The molecule has 0 aromatic heterocycles. The summed E-state index contributed by atoms with van der Waals surface area (Å²) in [5.74, 6) is 1.39. The van der Waals surface area contributed by atoms with E-state index in [0.29, 0.717) is 23.7 Å². The summed E-state index contributed by atoms with van der Waals surface area (Å²) >= 11 is 0. The van der Waals surface area contributed by atoms with Gasteiger partial charge in [-0.05, 0) is 35.9 Å². The van der Waals surface area contributed by atoms with Gasteiger partial charge in [-0.1, -0.05) is 12.1 Å². The molecule has 0 radical (unpaired) electrons. The minimum atomic E-state index is 0.0122. The lowest BCUT2D eigenvalue weighted by molar-refractivity contribution is 0.280. The first kappa shape index (κ1) is 13.9. The largest absolute Gasteiger partial charge is 0.496 e. The number of hydrogen-bond donors (Lipinski definition) is 1. The molecule has 4 heteroatoms. The molecule has 0 bridgehead atoms. The van der Waals surface area contributed by atoms with Crippen LogP contribution in [0, 0.1) is 11.3 Å². The molecule has 0 saturated carbocycles. The summed E-state index contributed by atoms with van der Waals surface area (Å²) in [5.41, 5.74) is 2.22. The van der Waals surface area contributed by atoms with E-state index >= 15 is 0 Å². The molecule has 0 saturated heterocycles. The Balaban J connectivity index is 2.11. The fourth-order valence-electron chi connectivity index (χ4n) is 1.81. The average molecular weight is 269 g/mol. The molecule has 0 aliphatic carbocycles. The Labute approximate surface area is 117 Å². The number of nitriles is 1. The number of hydrogen-bond acceptors (Lipinski definition) is 4.